The van der Waals surface area contributed by atoms with Crippen LogP contribution in [0.25, 0.3) is 16.6 Å². The molecule has 5 aromatic rings. The third-order valence-corrected chi connectivity index (χ3v) is 7.17. The summed E-state index contributed by atoms with van der Waals surface area (Å²) in [6, 6.07) is 7.16. The molecule has 0 atom stereocenters. The Kier molecular flexibility index (Phi) is 7.41. The molecule has 0 amide bonds. The summed E-state index contributed by atoms with van der Waals surface area (Å²) >= 11 is 0.736. The summed E-state index contributed by atoms with van der Waals surface area (Å²) in [5, 5.41) is 14.7. The van der Waals surface area contributed by atoms with Crippen molar-refractivity contribution in [2.24, 2.45) is 0 Å². The van der Waals surface area contributed by atoms with Crippen molar-refractivity contribution in [3.8, 4) is 17.2 Å². The van der Waals surface area contributed by atoms with E-state index in [4.69, 9.17) is 9.47 Å². The molecule has 41 heavy (non-hydrogen) atoms. The van der Waals surface area contributed by atoms with Gasteiger partial charge in [-0.15, -0.1) is 11.3 Å². The number of fused-ring (bicyclic) bond motifs is 1. The second-order valence-electron chi connectivity index (χ2n) is 8.97. The largest absolute Gasteiger partial charge is 0.491 e. The number of carboxylic acid groups (broad SMARTS) is 1. The van der Waals surface area contributed by atoms with Crippen molar-refractivity contribution in [1.82, 2.24) is 19.3 Å². The normalized spacial score (nSPS) is 11.2. The van der Waals surface area contributed by atoms with Crippen LogP contribution in [0.15, 0.2) is 51.4 Å². The van der Waals surface area contributed by atoms with Gasteiger partial charge in [-0.3, -0.25) is 9.48 Å². The van der Waals surface area contributed by atoms with E-state index in [0.29, 0.717) is 11.1 Å². The number of hydrogen-bond donors (Lipinski definition) is 2. The summed E-state index contributed by atoms with van der Waals surface area (Å²) in [4.78, 5) is 39.4. The summed E-state index contributed by atoms with van der Waals surface area (Å²) in [5.41, 5.74) is -1.11. The van der Waals surface area contributed by atoms with Crippen LogP contribution in [0, 0.1) is 31.3 Å². The van der Waals surface area contributed by atoms with Gasteiger partial charge in [0.1, 0.15) is 35.4 Å². The Balaban J connectivity index is 1.43. The van der Waals surface area contributed by atoms with Gasteiger partial charge < -0.3 is 19.6 Å². The van der Waals surface area contributed by atoms with Crippen molar-refractivity contribution in [3.63, 3.8) is 0 Å². The highest BCUT2D eigenvalue weighted by Gasteiger charge is 2.21. The maximum absolute atomic E-state index is 14.8. The fourth-order valence-electron chi connectivity index (χ4n) is 4.31. The minimum Gasteiger partial charge on any atom is -0.491 e. The Morgan fingerprint density at radius 3 is 2.54 bits per heavy atom. The van der Waals surface area contributed by atoms with Crippen LogP contribution in [0.4, 0.5) is 13.2 Å². The van der Waals surface area contributed by atoms with E-state index in [1.54, 1.807) is 4.68 Å². The lowest BCUT2D eigenvalue weighted by atomic mass is 10.2. The second-order valence-corrected chi connectivity index (χ2v) is 9.85. The summed E-state index contributed by atoms with van der Waals surface area (Å²) in [7, 11) is 0. The number of aryl methyl sites for hydroxylation is 2. The molecular weight excluding hydrogens is 565 g/mol. The number of nitrogens with zero attached hydrogens (tertiary/aromatic N) is 3. The number of benzene rings is 2. The molecule has 2 N–H and O–H groups in total. The van der Waals surface area contributed by atoms with E-state index < -0.39 is 47.0 Å². The van der Waals surface area contributed by atoms with Crippen molar-refractivity contribution in [2.75, 3.05) is 6.61 Å². The lowest BCUT2D eigenvalue weighted by Gasteiger charge is -2.15. The zero-order valence-electron chi connectivity index (χ0n) is 21.5. The van der Waals surface area contributed by atoms with Crippen LogP contribution >= 0.6 is 11.3 Å². The summed E-state index contributed by atoms with van der Waals surface area (Å²) in [6.07, 6.45) is 0. The number of hydrogen-bond acceptors (Lipinski definition) is 7. The summed E-state index contributed by atoms with van der Waals surface area (Å²) < 4.78 is 57.1. The minimum atomic E-state index is -1.39. The first kappa shape index (κ1) is 27.7. The SMILES string of the molecule is Cc1cc(C)n(CCOc2ccc(F)c(F)c2COc2ccc(F)c(-n3c(=O)[nH]c4csc(C(=O)O)c4c3=O)c2)n1. The third-order valence-electron chi connectivity index (χ3n) is 6.21. The Morgan fingerprint density at radius 2 is 1.83 bits per heavy atom. The number of nitrogens with one attached hydrogen (secondary N) is 1. The van der Waals surface area contributed by atoms with Crippen LogP contribution in [-0.4, -0.2) is 37.0 Å². The van der Waals surface area contributed by atoms with Gasteiger partial charge in [0.05, 0.1) is 34.4 Å². The van der Waals surface area contributed by atoms with Gasteiger partial charge in [0, 0.05) is 17.1 Å². The van der Waals surface area contributed by atoms with Gasteiger partial charge in [-0.05, 0) is 44.2 Å². The average molecular weight is 587 g/mol. The van der Waals surface area contributed by atoms with Crippen molar-refractivity contribution in [3.05, 3.63) is 102 Å². The topological polar surface area (TPSA) is 128 Å². The van der Waals surface area contributed by atoms with E-state index in [1.807, 2.05) is 19.9 Å². The summed E-state index contributed by atoms with van der Waals surface area (Å²) in [5.74, 6) is -4.78. The highest BCUT2D eigenvalue weighted by molar-refractivity contribution is 7.13. The zero-order valence-corrected chi connectivity index (χ0v) is 22.4. The molecular formula is C27H21F3N4O6S. The number of aromatic amines is 1. The lowest BCUT2D eigenvalue weighted by molar-refractivity contribution is 0.0704. The first-order valence-corrected chi connectivity index (χ1v) is 13.0. The van der Waals surface area contributed by atoms with Gasteiger partial charge in [-0.25, -0.2) is 27.3 Å². The maximum Gasteiger partial charge on any atom is 0.346 e. The molecule has 14 heteroatoms. The third kappa shape index (κ3) is 5.33. The molecule has 0 saturated carbocycles. The molecule has 2 aromatic carbocycles. The minimum absolute atomic E-state index is 0.00146. The van der Waals surface area contributed by atoms with Gasteiger partial charge in [0.25, 0.3) is 5.56 Å². The highest BCUT2D eigenvalue weighted by atomic mass is 32.1. The van der Waals surface area contributed by atoms with Crippen LogP contribution in [0.3, 0.4) is 0 Å². The molecule has 0 unspecified atom stereocenters. The molecule has 3 aromatic heterocycles. The number of rotatable bonds is 9. The lowest BCUT2D eigenvalue weighted by Crippen LogP contribution is -2.34. The average Bonchev–Trinajstić information content (AvgIpc) is 3.49. The van der Waals surface area contributed by atoms with Crippen LogP contribution in [0.1, 0.15) is 26.6 Å². The van der Waals surface area contributed by atoms with Gasteiger partial charge in [0.2, 0.25) is 0 Å². The van der Waals surface area contributed by atoms with Crippen LogP contribution in [-0.2, 0) is 13.2 Å². The molecule has 0 spiro atoms. The molecule has 0 radical (unpaired) electrons. The Hall–Kier alpha value is -4.85. The standard InChI is InChI=1S/C27H21F3N4O6S/c1-13-9-14(2)33(32-13)7-8-39-21-6-5-18(29)23(30)16(21)11-40-15-3-4-17(28)20(10-15)34-25(35)22-19(31-27(34)38)12-41-24(22)26(36)37/h3-6,9-10,12H,7-8,11H2,1-2H3,(H,31,38)(H,36,37). The molecule has 0 fully saturated rings. The van der Waals surface area contributed by atoms with Crippen LogP contribution in [0.5, 0.6) is 11.5 Å². The molecule has 0 aliphatic heterocycles. The van der Waals surface area contributed by atoms with E-state index in [-0.39, 0.29) is 39.4 Å². The van der Waals surface area contributed by atoms with Gasteiger partial charge in [-0.2, -0.15) is 5.10 Å². The second kappa shape index (κ2) is 11.0. The number of thiophene rings is 1. The number of halogens is 3. The fourth-order valence-corrected chi connectivity index (χ4v) is 5.14. The molecule has 0 bridgehead atoms. The summed E-state index contributed by atoms with van der Waals surface area (Å²) in [6.45, 7) is 3.62. The number of carbonyl (C=O) groups is 1. The van der Waals surface area contributed by atoms with E-state index in [2.05, 4.69) is 10.1 Å². The monoisotopic (exact) mass is 586 g/mol. The quantitative estimate of drug-likeness (QED) is 0.263. The molecule has 0 aliphatic rings. The first-order valence-electron chi connectivity index (χ1n) is 12.1. The number of aromatic carboxylic acids is 1. The van der Waals surface area contributed by atoms with E-state index in [9.17, 15) is 32.7 Å². The van der Waals surface area contributed by atoms with Crippen molar-refractivity contribution >= 4 is 28.2 Å². The number of carboxylic acids is 1. The Labute approximate surface area is 232 Å². The number of aromatic nitrogens is 4. The molecule has 0 saturated heterocycles. The van der Waals surface area contributed by atoms with E-state index in [1.165, 1.54) is 17.5 Å². The number of H-pyrrole nitrogens is 1. The molecule has 212 valence electrons. The van der Waals surface area contributed by atoms with Crippen molar-refractivity contribution in [1.29, 1.82) is 0 Å². The predicted octanol–water partition coefficient (Wildman–Crippen LogP) is 4.33. The molecule has 0 aliphatic carbocycles. The smallest absolute Gasteiger partial charge is 0.346 e. The van der Waals surface area contributed by atoms with Gasteiger partial charge in [-0.1, -0.05) is 0 Å². The van der Waals surface area contributed by atoms with Gasteiger partial charge in [0.15, 0.2) is 11.6 Å². The Bertz CT molecular complexity index is 1930. The van der Waals surface area contributed by atoms with E-state index >= 15 is 0 Å². The zero-order chi connectivity index (χ0) is 29.4. The van der Waals surface area contributed by atoms with Crippen molar-refractivity contribution in [2.45, 2.75) is 27.0 Å². The number of ether oxygens (including phenoxy) is 2. The van der Waals surface area contributed by atoms with Crippen LogP contribution in [0.2, 0.25) is 0 Å². The Morgan fingerprint density at radius 1 is 1.07 bits per heavy atom. The molecule has 10 nitrogen and oxygen atoms in total. The molecule has 5 rings (SSSR count). The first-order chi connectivity index (χ1) is 19.5. The fraction of sp³-hybridized carbons (Fsp3) is 0.185. The highest BCUT2D eigenvalue weighted by Crippen LogP contribution is 2.27. The molecule has 3 heterocycles. The van der Waals surface area contributed by atoms with Crippen LogP contribution < -0.4 is 20.7 Å². The maximum atomic E-state index is 14.8. The van der Waals surface area contributed by atoms with Crippen molar-refractivity contribution < 1.29 is 32.5 Å². The predicted molar refractivity (Wildman–Crippen MR) is 143 cm³/mol. The van der Waals surface area contributed by atoms with Gasteiger partial charge >= 0.3 is 11.7 Å². The van der Waals surface area contributed by atoms with E-state index in [0.717, 1.165) is 40.9 Å².